The van der Waals surface area contributed by atoms with Gasteiger partial charge in [0.05, 0.1) is 6.04 Å². The first kappa shape index (κ1) is 20.0. The van der Waals surface area contributed by atoms with Gasteiger partial charge in [0.2, 0.25) is 5.91 Å². The molecule has 20 heavy (non-hydrogen) atoms. The first-order valence-electron chi connectivity index (χ1n) is 7.33. The van der Waals surface area contributed by atoms with E-state index in [-0.39, 0.29) is 30.9 Å². The van der Waals surface area contributed by atoms with E-state index >= 15 is 0 Å². The Morgan fingerprint density at radius 1 is 1.20 bits per heavy atom. The van der Waals surface area contributed by atoms with Crippen LogP contribution in [0.3, 0.4) is 0 Å². The van der Waals surface area contributed by atoms with E-state index in [0.717, 1.165) is 45.3 Å². The van der Waals surface area contributed by atoms with Gasteiger partial charge in [0.1, 0.15) is 0 Å². The summed E-state index contributed by atoms with van der Waals surface area (Å²) in [7, 11) is 1.98. The third-order valence-electron chi connectivity index (χ3n) is 4.48. The van der Waals surface area contributed by atoms with Crippen molar-refractivity contribution in [3.05, 3.63) is 0 Å². The van der Waals surface area contributed by atoms with Crippen LogP contribution in [0.5, 0.6) is 0 Å². The topological polar surface area (TPSA) is 35.6 Å². The zero-order valence-corrected chi connectivity index (χ0v) is 14.4. The summed E-state index contributed by atoms with van der Waals surface area (Å²) in [5.41, 5.74) is 0. The first-order chi connectivity index (χ1) is 8.59. The van der Waals surface area contributed by atoms with E-state index in [1.807, 2.05) is 11.9 Å². The lowest BCUT2D eigenvalue weighted by Crippen LogP contribution is -2.51. The highest BCUT2D eigenvalue weighted by Gasteiger charge is 2.31. The second kappa shape index (κ2) is 9.08. The van der Waals surface area contributed by atoms with Crippen LogP contribution in [-0.4, -0.2) is 60.5 Å². The molecule has 0 aliphatic carbocycles. The van der Waals surface area contributed by atoms with Gasteiger partial charge in [-0.15, -0.1) is 24.8 Å². The standard InChI is InChI=1S/C14H27N3O.2ClH/c1-11(2)17-9-6-12(7-10-17)16(3)14(18)13-5-4-8-15-13;;/h11-13,15H,4-10H2,1-3H3;2*1H/t13-;;/m0../s1. The zero-order chi connectivity index (χ0) is 13.1. The minimum atomic E-state index is 0. The molecule has 0 saturated carbocycles. The number of amides is 1. The number of hydrogen-bond donors (Lipinski definition) is 1. The smallest absolute Gasteiger partial charge is 0.239 e. The number of rotatable bonds is 3. The maximum absolute atomic E-state index is 12.3. The molecule has 120 valence electrons. The fourth-order valence-corrected chi connectivity index (χ4v) is 3.11. The van der Waals surface area contributed by atoms with Crippen LogP contribution in [0.2, 0.25) is 0 Å². The number of likely N-dealkylation sites (N-methyl/N-ethyl adjacent to an activating group) is 1. The number of carbonyl (C=O) groups is 1. The second-order valence-corrected chi connectivity index (χ2v) is 5.96. The largest absolute Gasteiger partial charge is 0.341 e. The normalized spacial score (nSPS) is 24.1. The Morgan fingerprint density at radius 3 is 2.25 bits per heavy atom. The van der Waals surface area contributed by atoms with Crippen molar-refractivity contribution >= 4 is 30.7 Å². The monoisotopic (exact) mass is 325 g/mol. The maximum atomic E-state index is 12.3. The molecule has 0 unspecified atom stereocenters. The highest BCUT2D eigenvalue weighted by Crippen LogP contribution is 2.19. The molecular formula is C14H29Cl2N3O. The summed E-state index contributed by atoms with van der Waals surface area (Å²) in [4.78, 5) is 16.8. The number of likely N-dealkylation sites (tertiary alicyclic amines) is 1. The quantitative estimate of drug-likeness (QED) is 0.861. The predicted octanol–water partition coefficient (Wildman–Crippen LogP) is 1.91. The summed E-state index contributed by atoms with van der Waals surface area (Å²) in [6.07, 6.45) is 4.38. The van der Waals surface area contributed by atoms with Crippen LogP contribution in [0.15, 0.2) is 0 Å². The molecule has 2 rings (SSSR count). The van der Waals surface area contributed by atoms with Crippen LogP contribution in [0.1, 0.15) is 39.5 Å². The van der Waals surface area contributed by atoms with E-state index in [1.54, 1.807) is 0 Å². The van der Waals surface area contributed by atoms with Gasteiger partial charge in [-0.05, 0) is 46.1 Å². The van der Waals surface area contributed by atoms with E-state index < -0.39 is 0 Å². The van der Waals surface area contributed by atoms with Crippen LogP contribution in [-0.2, 0) is 4.79 Å². The minimum absolute atomic E-state index is 0. The van der Waals surface area contributed by atoms with Crippen LogP contribution in [0.4, 0.5) is 0 Å². The molecule has 4 nitrogen and oxygen atoms in total. The lowest BCUT2D eigenvalue weighted by atomic mass is 10.0. The number of nitrogens with one attached hydrogen (secondary N) is 1. The van der Waals surface area contributed by atoms with Crippen molar-refractivity contribution in [3.63, 3.8) is 0 Å². The van der Waals surface area contributed by atoms with Gasteiger partial charge in [0, 0.05) is 32.2 Å². The third kappa shape index (κ3) is 4.76. The summed E-state index contributed by atoms with van der Waals surface area (Å²) in [6, 6.07) is 1.15. The van der Waals surface area contributed by atoms with Gasteiger partial charge in [-0.3, -0.25) is 4.79 Å². The third-order valence-corrected chi connectivity index (χ3v) is 4.48. The van der Waals surface area contributed by atoms with Gasteiger partial charge in [0.25, 0.3) is 0 Å². The van der Waals surface area contributed by atoms with Crippen molar-refractivity contribution in [2.24, 2.45) is 0 Å². The molecule has 6 heteroatoms. The highest BCUT2D eigenvalue weighted by molar-refractivity contribution is 5.85. The lowest BCUT2D eigenvalue weighted by molar-refractivity contribution is -0.134. The van der Waals surface area contributed by atoms with Crippen molar-refractivity contribution in [1.82, 2.24) is 15.1 Å². The predicted molar refractivity (Wildman–Crippen MR) is 88.0 cm³/mol. The Morgan fingerprint density at radius 2 is 1.80 bits per heavy atom. The number of piperidine rings is 1. The van der Waals surface area contributed by atoms with Gasteiger partial charge in [-0.1, -0.05) is 0 Å². The molecule has 1 amide bonds. The van der Waals surface area contributed by atoms with Gasteiger partial charge in [-0.25, -0.2) is 0 Å². The summed E-state index contributed by atoms with van der Waals surface area (Å²) < 4.78 is 0. The molecule has 2 heterocycles. The number of hydrogen-bond acceptors (Lipinski definition) is 3. The van der Waals surface area contributed by atoms with Crippen LogP contribution >= 0.6 is 24.8 Å². The second-order valence-electron chi connectivity index (χ2n) is 5.96. The summed E-state index contributed by atoms with van der Waals surface area (Å²) in [5, 5.41) is 3.30. The van der Waals surface area contributed by atoms with Crippen molar-refractivity contribution in [3.8, 4) is 0 Å². The van der Waals surface area contributed by atoms with Crippen molar-refractivity contribution in [2.75, 3.05) is 26.7 Å². The van der Waals surface area contributed by atoms with Crippen molar-refractivity contribution < 1.29 is 4.79 Å². The van der Waals surface area contributed by atoms with E-state index in [0.29, 0.717) is 18.0 Å². The lowest BCUT2D eigenvalue weighted by Gasteiger charge is -2.39. The Bertz CT molecular complexity index is 288. The molecule has 0 aromatic rings. The molecular weight excluding hydrogens is 297 g/mol. The molecule has 0 radical (unpaired) electrons. The molecule has 0 spiro atoms. The van der Waals surface area contributed by atoms with Crippen LogP contribution in [0, 0.1) is 0 Å². The average Bonchev–Trinajstić information content (AvgIpc) is 2.91. The fraction of sp³-hybridized carbons (Fsp3) is 0.929. The molecule has 1 atom stereocenters. The zero-order valence-electron chi connectivity index (χ0n) is 12.8. The summed E-state index contributed by atoms with van der Waals surface area (Å²) in [5.74, 6) is 0.301. The first-order valence-corrected chi connectivity index (χ1v) is 7.33. The highest BCUT2D eigenvalue weighted by atomic mass is 35.5. The van der Waals surface area contributed by atoms with Gasteiger partial charge < -0.3 is 15.1 Å². The van der Waals surface area contributed by atoms with E-state index in [1.165, 1.54) is 0 Å². The van der Waals surface area contributed by atoms with Gasteiger partial charge in [-0.2, -0.15) is 0 Å². The Balaban J connectivity index is 0.00000180. The van der Waals surface area contributed by atoms with Crippen LogP contribution < -0.4 is 5.32 Å². The molecule has 0 aromatic heterocycles. The molecule has 2 aliphatic heterocycles. The molecule has 2 saturated heterocycles. The summed E-state index contributed by atoms with van der Waals surface area (Å²) in [6.45, 7) is 7.74. The van der Waals surface area contributed by atoms with E-state index in [9.17, 15) is 4.79 Å². The Labute approximate surface area is 135 Å². The van der Waals surface area contributed by atoms with E-state index in [2.05, 4.69) is 24.1 Å². The molecule has 0 bridgehead atoms. The molecule has 2 aliphatic rings. The number of carbonyl (C=O) groups excluding carboxylic acids is 1. The maximum Gasteiger partial charge on any atom is 0.239 e. The van der Waals surface area contributed by atoms with E-state index in [4.69, 9.17) is 0 Å². The molecule has 1 N–H and O–H groups in total. The summed E-state index contributed by atoms with van der Waals surface area (Å²) >= 11 is 0. The fourth-order valence-electron chi connectivity index (χ4n) is 3.11. The minimum Gasteiger partial charge on any atom is -0.341 e. The van der Waals surface area contributed by atoms with Crippen LogP contribution in [0.25, 0.3) is 0 Å². The molecule has 0 aromatic carbocycles. The number of nitrogens with zero attached hydrogens (tertiary/aromatic N) is 2. The van der Waals surface area contributed by atoms with Gasteiger partial charge >= 0.3 is 0 Å². The Hall–Kier alpha value is -0.0300. The SMILES string of the molecule is CC(C)N1CCC(N(C)C(=O)[C@@H]2CCCN2)CC1.Cl.Cl. The average molecular weight is 326 g/mol. The Kier molecular flexibility index (Phi) is 9.07. The van der Waals surface area contributed by atoms with Crippen molar-refractivity contribution in [1.29, 1.82) is 0 Å². The molecule has 2 fully saturated rings. The van der Waals surface area contributed by atoms with Gasteiger partial charge in [0.15, 0.2) is 0 Å². The van der Waals surface area contributed by atoms with Crippen molar-refractivity contribution in [2.45, 2.75) is 57.7 Å². The number of halogens is 2.